The molecule has 0 aliphatic heterocycles. The van der Waals surface area contributed by atoms with Crippen LogP contribution in [0.1, 0.15) is 25.7 Å². The van der Waals surface area contributed by atoms with Gasteiger partial charge in [0.25, 0.3) is 0 Å². The van der Waals surface area contributed by atoms with E-state index in [1.807, 2.05) is 0 Å². The number of primary amides is 1. The predicted molar refractivity (Wildman–Crippen MR) is 72.1 cm³/mol. The molecule has 21 heavy (non-hydrogen) atoms. The number of hydrogen-bond acceptors (Lipinski definition) is 5. The molecule has 0 spiro atoms. The van der Waals surface area contributed by atoms with Crippen LogP contribution in [0.15, 0.2) is 18.2 Å². The lowest BCUT2D eigenvalue weighted by Crippen LogP contribution is -2.56. The summed E-state index contributed by atoms with van der Waals surface area (Å²) in [5.74, 6) is -1.44. The molecule has 0 radical (unpaired) electrons. The maximum atomic E-state index is 13.2. The van der Waals surface area contributed by atoms with Gasteiger partial charge in [0.1, 0.15) is 11.9 Å². The number of nitrogens with two attached hydrogens (primary N) is 2. The fourth-order valence-electron chi connectivity index (χ4n) is 2.49. The Balaban J connectivity index is 2.20. The van der Waals surface area contributed by atoms with Crippen molar-refractivity contribution in [1.82, 2.24) is 0 Å². The standard InChI is InChI=1S/C13H16FN3O4/c14-8-3-4-10(17(19)20)11(6-8)21-9-2-1-5-13(16,7-9)12(15)18/h3-4,6,9H,1-2,5,7,16H2,(H2,15,18). The van der Waals surface area contributed by atoms with E-state index >= 15 is 0 Å². The van der Waals surface area contributed by atoms with Gasteiger partial charge in [-0.2, -0.15) is 0 Å². The highest BCUT2D eigenvalue weighted by Gasteiger charge is 2.39. The van der Waals surface area contributed by atoms with Gasteiger partial charge < -0.3 is 16.2 Å². The number of carbonyl (C=O) groups is 1. The van der Waals surface area contributed by atoms with Gasteiger partial charge >= 0.3 is 5.69 Å². The van der Waals surface area contributed by atoms with Crippen molar-refractivity contribution in [2.45, 2.75) is 37.3 Å². The number of nitro benzene ring substituents is 1. The number of carbonyl (C=O) groups excluding carboxylic acids is 1. The van der Waals surface area contributed by atoms with Gasteiger partial charge in [-0.15, -0.1) is 0 Å². The number of benzene rings is 1. The summed E-state index contributed by atoms with van der Waals surface area (Å²) < 4.78 is 18.7. The molecular weight excluding hydrogens is 281 g/mol. The first-order valence-corrected chi connectivity index (χ1v) is 6.51. The van der Waals surface area contributed by atoms with Crippen molar-refractivity contribution in [3.8, 4) is 5.75 Å². The normalized spacial score (nSPS) is 25.3. The zero-order valence-electron chi connectivity index (χ0n) is 11.3. The van der Waals surface area contributed by atoms with Gasteiger partial charge in [-0.25, -0.2) is 4.39 Å². The van der Waals surface area contributed by atoms with Crippen molar-refractivity contribution >= 4 is 11.6 Å². The number of ether oxygens (including phenoxy) is 1. The first-order chi connectivity index (χ1) is 9.82. The van der Waals surface area contributed by atoms with Crippen LogP contribution in [0.4, 0.5) is 10.1 Å². The van der Waals surface area contributed by atoms with Gasteiger partial charge in [0.2, 0.25) is 5.91 Å². The van der Waals surface area contributed by atoms with Gasteiger partial charge in [-0.05, 0) is 25.3 Å². The van der Waals surface area contributed by atoms with Gasteiger partial charge in [-0.3, -0.25) is 14.9 Å². The lowest BCUT2D eigenvalue weighted by molar-refractivity contribution is -0.386. The number of nitrogens with zero attached hydrogens (tertiary/aromatic N) is 1. The molecule has 2 rings (SSSR count). The molecule has 1 aliphatic rings. The molecule has 0 heterocycles. The van der Waals surface area contributed by atoms with E-state index in [1.165, 1.54) is 0 Å². The molecule has 1 saturated carbocycles. The third-order valence-corrected chi connectivity index (χ3v) is 3.64. The number of amides is 1. The molecule has 8 heteroatoms. The summed E-state index contributed by atoms with van der Waals surface area (Å²) in [6.07, 6.45) is 1.24. The molecule has 7 nitrogen and oxygen atoms in total. The SMILES string of the molecule is NC(=O)C1(N)CCCC(Oc2cc(F)ccc2[N+](=O)[O-])C1. The Morgan fingerprint density at radius 2 is 2.24 bits per heavy atom. The molecule has 0 aromatic heterocycles. The minimum Gasteiger partial charge on any atom is -0.483 e. The molecule has 0 bridgehead atoms. The molecule has 1 fully saturated rings. The predicted octanol–water partition coefficient (Wildman–Crippen LogP) is 1.24. The molecule has 2 unspecified atom stereocenters. The average Bonchev–Trinajstić information content (AvgIpc) is 2.38. The number of halogens is 1. The average molecular weight is 297 g/mol. The number of rotatable bonds is 4. The summed E-state index contributed by atoms with van der Waals surface area (Å²) in [5, 5.41) is 10.9. The Bertz CT molecular complexity index is 581. The first kappa shape index (κ1) is 15.2. The van der Waals surface area contributed by atoms with Gasteiger partial charge in [0, 0.05) is 18.6 Å². The van der Waals surface area contributed by atoms with Crippen LogP contribution >= 0.6 is 0 Å². The van der Waals surface area contributed by atoms with Gasteiger partial charge in [-0.1, -0.05) is 0 Å². The van der Waals surface area contributed by atoms with Crippen molar-refractivity contribution < 1.29 is 18.8 Å². The fourth-order valence-corrected chi connectivity index (χ4v) is 2.49. The lowest BCUT2D eigenvalue weighted by Gasteiger charge is -2.35. The maximum absolute atomic E-state index is 13.2. The topological polar surface area (TPSA) is 121 Å². The minimum atomic E-state index is -1.19. The van der Waals surface area contributed by atoms with Crippen LogP contribution in [0.5, 0.6) is 5.75 Å². The van der Waals surface area contributed by atoms with Crippen LogP contribution in [0, 0.1) is 15.9 Å². The monoisotopic (exact) mass is 297 g/mol. The maximum Gasteiger partial charge on any atom is 0.311 e. The highest BCUT2D eigenvalue weighted by Crippen LogP contribution is 2.33. The van der Waals surface area contributed by atoms with E-state index in [-0.39, 0.29) is 17.9 Å². The molecule has 4 N–H and O–H groups in total. The molecule has 1 aromatic rings. The van der Waals surface area contributed by atoms with Crippen LogP contribution in [0.25, 0.3) is 0 Å². The third-order valence-electron chi connectivity index (χ3n) is 3.64. The van der Waals surface area contributed by atoms with E-state index in [1.54, 1.807) is 0 Å². The smallest absolute Gasteiger partial charge is 0.311 e. The van der Waals surface area contributed by atoms with E-state index < -0.39 is 28.3 Å². The fraction of sp³-hybridized carbons (Fsp3) is 0.462. The van der Waals surface area contributed by atoms with E-state index in [9.17, 15) is 19.3 Å². The molecule has 1 aromatic carbocycles. The second kappa shape index (κ2) is 5.65. The molecule has 114 valence electrons. The van der Waals surface area contributed by atoms with Crippen molar-refractivity contribution in [2.24, 2.45) is 11.5 Å². The summed E-state index contributed by atoms with van der Waals surface area (Å²) in [6, 6.07) is 2.98. The third kappa shape index (κ3) is 3.27. The molecule has 0 saturated heterocycles. The quantitative estimate of drug-likeness (QED) is 0.639. The van der Waals surface area contributed by atoms with Gasteiger partial charge in [0.05, 0.1) is 10.5 Å². The highest BCUT2D eigenvalue weighted by atomic mass is 19.1. The first-order valence-electron chi connectivity index (χ1n) is 6.51. The second-order valence-electron chi connectivity index (χ2n) is 5.23. The summed E-state index contributed by atoms with van der Waals surface area (Å²) in [6.45, 7) is 0. The van der Waals surface area contributed by atoms with Crippen molar-refractivity contribution in [3.63, 3.8) is 0 Å². The largest absolute Gasteiger partial charge is 0.483 e. The molecule has 2 atom stereocenters. The molecular formula is C13H16FN3O4. The lowest BCUT2D eigenvalue weighted by atomic mass is 9.80. The zero-order chi connectivity index (χ0) is 15.6. The van der Waals surface area contributed by atoms with Crippen molar-refractivity contribution in [3.05, 3.63) is 34.1 Å². The second-order valence-corrected chi connectivity index (χ2v) is 5.23. The van der Waals surface area contributed by atoms with Crippen LogP contribution in [-0.4, -0.2) is 22.5 Å². The van der Waals surface area contributed by atoms with E-state index in [2.05, 4.69) is 0 Å². The minimum absolute atomic E-state index is 0.149. The van der Waals surface area contributed by atoms with E-state index in [0.29, 0.717) is 19.3 Å². The van der Waals surface area contributed by atoms with E-state index in [4.69, 9.17) is 16.2 Å². The Labute approximate surface area is 120 Å². The Morgan fingerprint density at radius 1 is 1.52 bits per heavy atom. The van der Waals surface area contributed by atoms with Crippen molar-refractivity contribution in [2.75, 3.05) is 0 Å². The number of hydrogen-bond donors (Lipinski definition) is 2. The van der Waals surface area contributed by atoms with Crippen LogP contribution < -0.4 is 16.2 Å². The Hall–Kier alpha value is -2.22. The van der Waals surface area contributed by atoms with Crippen LogP contribution in [0.3, 0.4) is 0 Å². The Kier molecular flexibility index (Phi) is 4.08. The summed E-state index contributed by atoms with van der Waals surface area (Å²) >= 11 is 0. The molecule has 1 aliphatic carbocycles. The van der Waals surface area contributed by atoms with Crippen LogP contribution in [0.2, 0.25) is 0 Å². The molecule has 1 amide bonds. The van der Waals surface area contributed by atoms with Crippen LogP contribution in [-0.2, 0) is 4.79 Å². The summed E-state index contributed by atoms with van der Waals surface area (Å²) in [7, 11) is 0. The Morgan fingerprint density at radius 3 is 2.86 bits per heavy atom. The van der Waals surface area contributed by atoms with Gasteiger partial charge in [0.15, 0.2) is 5.75 Å². The summed E-state index contributed by atoms with van der Waals surface area (Å²) in [5.41, 5.74) is 9.66. The van der Waals surface area contributed by atoms with E-state index in [0.717, 1.165) is 18.2 Å². The van der Waals surface area contributed by atoms with Crippen molar-refractivity contribution in [1.29, 1.82) is 0 Å². The zero-order valence-corrected chi connectivity index (χ0v) is 11.3. The summed E-state index contributed by atoms with van der Waals surface area (Å²) in [4.78, 5) is 21.6. The number of nitro groups is 1. The highest BCUT2D eigenvalue weighted by molar-refractivity contribution is 5.84.